The summed E-state index contributed by atoms with van der Waals surface area (Å²) in [6, 6.07) is 18.1. The molecule has 1 aromatic heterocycles. The van der Waals surface area contributed by atoms with Crippen LogP contribution in [0, 0.1) is 0 Å². The first-order chi connectivity index (χ1) is 10.7. The number of hydrogen-bond acceptors (Lipinski definition) is 3. The SMILES string of the molecule is CC(C)c1ccc(OCc2cn(-c3ccccc3)nn2)cc1. The van der Waals surface area contributed by atoms with Gasteiger partial charge in [0.1, 0.15) is 18.1 Å². The van der Waals surface area contributed by atoms with E-state index >= 15 is 0 Å². The third-order valence-electron chi connectivity index (χ3n) is 3.50. The second-order valence-corrected chi connectivity index (χ2v) is 5.50. The lowest BCUT2D eigenvalue weighted by molar-refractivity contribution is 0.301. The van der Waals surface area contributed by atoms with Crippen LogP contribution >= 0.6 is 0 Å². The molecule has 0 atom stereocenters. The van der Waals surface area contributed by atoms with Gasteiger partial charge in [-0.2, -0.15) is 0 Å². The van der Waals surface area contributed by atoms with Crippen molar-refractivity contribution >= 4 is 0 Å². The van der Waals surface area contributed by atoms with E-state index in [0.717, 1.165) is 17.1 Å². The van der Waals surface area contributed by atoms with Crippen LogP contribution < -0.4 is 4.74 Å². The summed E-state index contributed by atoms with van der Waals surface area (Å²) < 4.78 is 7.51. The molecule has 0 aliphatic rings. The van der Waals surface area contributed by atoms with Gasteiger partial charge in [0.2, 0.25) is 0 Å². The van der Waals surface area contributed by atoms with E-state index in [0.29, 0.717) is 12.5 Å². The number of hydrogen-bond donors (Lipinski definition) is 0. The monoisotopic (exact) mass is 293 g/mol. The fraction of sp³-hybridized carbons (Fsp3) is 0.222. The number of aromatic nitrogens is 3. The van der Waals surface area contributed by atoms with Crippen LogP contribution in [0.4, 0.5) is 0 Å². The summed E-state index contributed by atoms with van der Waals surface area (Å²) in [7, 11) is 0. The number of para-hydroxylation sites is 1. The number of ether oxygens (including phenoxy) is 1. The molecule has 0 bridgehead atoms. The molecule has 2 aromatic carbocycles. The van der Waals surface area contributed by atoms with E-state index in [4.69, 9.17) is 4.74 Å². The van der Waals surface area contributed by atoms with Crippen LogP contribution in [0.5, 0.6) is 5.75 Å². The van der Waals surface area contributed by atoms with Gasteiger partial charge in [0.25, 0.3) is 0 Å². The van der Waals surface area contributed by atoms with Gasteiger partial charge < -0.3 is 4.74 Å². The molecule has 0 unspecified atom stereocenters. The zero-order valence-corrected chi connectivity index (χ0v) is 12.8. The largest absolute Gasteiger partial charge is 0.487 e. The van der Waals surface area contributed by atoms with Crippen molar-refractivity contribution in [1.82, 2.24) is 15.0 Å². The average molecular weight is 293 g/mol. The van der Waals surface area contributed by atoms with E-state index in [2.05, 4.69) is 36.3 Å². The zero-order chi connectivity index (χ0) is 15.4. The molecule has 0 fully saturated rings. The Balaban J connectivity index is 1.63. The lowest BCUT2D eigenvalue weighted by atomic mass is 10.0. The van der Waals surface area contributed by atoms with Gasteiger partial charge in [-0.3, -0.25) is 0 Å². The Morgan fingerprint density at radius 3 is 2.41 bits per heavy atom. The van der Waals surface area contributed by atoms with Crippen LogP contribution in [0.1, 0.15) is 31.0 Å². The topological polar surface area (TPSA) is 39.9 Å². The van der Waals surface area contributed by atoms with Gasteiger partial charge in [-0.15, -0.1) is 5.10 Å². The molecule has 22 heavy (non-hydrogen) atoms. The molecule has 112 valence electrons. The Labute approximate surface area is 130 Å². The molecular formula is C18H19N3O. The molecule has 0 aliphatic carbocycles. The third kappa shape index (κ3) is 3.34. The summed E-state index contributed by atoms with van der Waals surface area (Å²) in [5, 5.41) is 8.26. The van der Waals surface area contributed by atoms with E-state index in [1.54, 1.807) is 4.68 Å². The predicted octanol–water partition coefficient (Wildman–Crippen LogP) is 3.97. The summed E-state index contributed by atoms with van der Waals surface area (Å²) in [6.07, 6.45) is 1.89. The van der Waals surface area contributed by atoms with Crippen LogP contribution in [0.2, 0.25) is 0 Å². The van der Waals surface area contributed by atoms with E-state index in [-0.39, 0.29) is 0 Å². The number of benzene rings is 2. The standard InChI is InChI=1S/C18H19N3O/c1-14(2)15-8-10-18(11-9-15)22-13-16-12-21(20-19-16)17-6-4-3-5-7-17/h3-12,14H,13H2,1-2H3. The normalized spacial score (nSPS) is 10.9. The minimum absolute atomic E-state index is 0.411. The molecular weight excluding hydrogens is 274 g/mol. The summed E-state index contributed by atoms with van der Waals surface area (Å²) >= 11 is 0. The second kappa shape index (κ2) is 6.43. The Kier molecular flexibility index (Phi) is 4.19. The first-order valence-electron chi connectivity index (χ1n) is 7.42. The molecule has 3 rings (SSSR count). The van der Waals surface area contributed by atoms with Crippen molar-refractivity contribution in [3.8, 4) is 11.4 Å². The van der Waals surface area contributed by atoms with Gasteiger partial charge in [0.05, 0.1) is 11.9 Å². The number of rotatable bonds is 5. The highest BCUT2D eigenvalue weighted by atomic mass is 16.5. The quantitative estimate of drug-likeness (QED) is 0.714. The van der Waals surface area contributed by atoms with Crippen molar-refractivity contribution in [2.45, 2.75) is 26.4 Å². The molecule has 0 saturated carbocycles. The van der Waals surface area contributed by atoms with E-state index in [1.165, 1.54) is 5.56 Å². The maximum atomic E-state index is 5.76. The lowest BCUT2D eigenvalue weighted by Crippen LogP contribution is -1.96. The highest BCUT2D eigenvalue weighted by molar-refractivity contribution is 5.30. The van der Waals surface area contributed by atoms with Crippen LogP contribution in [-0.2, 0) is 6.61 Å². The molecule has 0 saturated heterocycles. The summed E-state index contributed by atoms with van der Waals surface area (Å²) in [5.74, 6) is 1.37. The molecule has 0 N–H and O–H groups in total. The fourth-order valence-corrected chi connectivity index (χ4v) is 2.18. The first kappa shape index (κ1) is 14.3. The van der Waals surface area contributed by atoms with Crippen molar-refractivity contribution < 1.29 is 4.74 Å². The number of nitrogens with zero attached hydrogens (tertiary/aromatic N) is 3. The van der Waals surface area contributed by atoms with E-state index in [1.807, 2.05) is 48.7 Å². The van der Waals surface area contributed by atoms with Crippen LogP contribution in [0.25, 0.3) is 5.69 Å². The van der Waals surface area contributed by atoms with Gasteiger partial charge in [-0.05, 0) is 35.7 Å². The highest BCUT2D eigenvalue weighted by Crippen LogP contribution is 2.19. The molecule has 4 heteroatoms. The second-order valence-electron chi connectivity index (χ2n) is 5.50. The fourth-order valence-electron chi connectivity index (χ4n) is 2.18. The van der Waals surface area contributed by atoms with Gasteiger partial charge >= 0.3 is 0 Å². The third-order valence-corrected chi connectivity index (χ3v) is 3.50. The zero-order valence-electron chi connectivity index (χ0n) is 12.8. The van der Waals surface area contributed by atoms with Gasteiger partial charge in [0.15, 0.2) is 0 Å². The maximum absolute atomic E-state index is 5.76. The van der Waals surface area contributed by atoms with Crippen molar-refractivity contribution in [2.75, 3.05) is 0 Å². The van der Waals surface area contributed by atoms with E-state index < -0.39 is 0 Å². The van der Waals surface area contributed by atoms with Crippen LogP contribution in [0.15, 0.2) is 60.8 Å². The minimum Gasteiger partial charge on any atom is -0.487 e. The molecule has 1 heterocycles. The summed E-state index contributed by atoms with van der Waals surface area (Å²) in [5.41, 5.74) is 3.10. The molecule has 0 spiro atoms. The molecule has 0 amide bonds. The lowest BCUT2D eigenvalue weighted by Gasteiger charge is -2.07. The van der Waals surface area contributed by atoms with Gasteiger partial charge in [-0.1, -0.05) is 49.4 Å². The van der Waals surface area contributed by atoms with Crippen molar-refractivity contribution in [3.05, 3.63) is 72.1 Å². The van der Waals surface area contributed by atoms with E-state index in [9.17, 15) is 0 Å². The first-order valence-corrected chi connectivity index (χ1v) is 7.42. The Bertz CT molecular complexity index is 718. The molecule has 0 radical (unpaired) electrons. The van der Waals surface area contributed by atoms with Gasteiger partial charge in [-0.25, -0.2) is 4.68 Å². The Hall–Kier alpha value is -2.62. The summed E-state index contributed by atoms with van der Waals surface area (Å²) in [4.78, 5) is 0. The highest BCUT2D eigenvalue weighted by Gasteiger charge is 2.04. The predicted molar refractivity (Wildman–Crippen MR) is 86.2 cm³/mol. The van der Waals surface area contributed by atoms with Crippen LogP contribution in [0.3, 0.4) is 0 Å². The average Bonchev–Trinajstić information content (AvgIpc) is 3.03. The minimum atomic E-state index is 0.411. The molecule has 0 aliphatic heterocycles. The molecule has 4 nitrogen and oxygen atoms in total. The maximum Gasteiger partial charge on any atom is 0.134 e. The molecule has 3 aromatic rings. The van der Waals surface area contributed by atoms with Crippen LogP contribution in [-0.4, -0.2) is 15.0 Å². The van der Waals surface area contributed by atoms with Gasteiger partial charge in [0, 0.05) is 0 Å². The van der Waals surface area contributed by atoms with Crippen molar-refractivity contribution in [2.24, 2.45) is 0 Å². The smallest absolute Gasteiger partial charge is 0.134 e. The Morgan fingerprint density at radius 1 is 1.00 bits per heavy atom. The summed E-state index contributed by atoms with van der Waals surface area (Å²) in [6.45, 7) is 4.77. The van der Waals surface area contributed by atoms with Crippen molar-refractivity contribution in [3.63, 3.8) is 0 Å². The Morgan fingerprint density at radius 2 is 1.73 bits per heavy atom. The van der Waals surface area contributed by atoms with Crippen molar-refractivity contribution in [1.29, 1.82) is 0 Å².